The molecule has 4 nitrogen and oxygen atoms in total. The Balaban J connectivity index is 1.70. The first kappa shape index (κ1) is 15.4. The van der Waals surface area contributed by atoms with Gasteiger partial charge < -0.3 is 10.2 Å². The van der Waals surface area contributed by atoms with Crippen molar-refractivity contribution in [1.29, 1.82) is 0 Å². The molecule has 0 saturated carbocycles. The van der Waals surface area contributed by atoms with E-state index in [0.29, 0.717) is 38.3 Å². The SMILES string of the molecule is O=C1NC[C@@H]2CN(Cc3ccc(Cl)c(C(F)(F)F)c3)CCN12. The van der Waals surface area contributed by atoms with Crippen LogP contribution < -0.4 is 5.32 Å². The molecule has 0 spiro atoms. The van der Waals surface area contributed by atoms with E-state index >= 15 is 0 Å². The lowest BCUT2D eigenvalue weighted by molar-refractivity contribution is -0.137. The summed E-state index contributed by atoms with van der Waals surface area (Å²) >= 11 is 5.63. The summed E-state index contributed by atoms with van der Waals surface area (Å²) in [6.45, 7) is 2.90. The van der Waals surface area contributed by atoms with E-state index < -0.39 is 11.7 Å². The van der Waals surface area contributed by atoms with Crippen LogP contribution in [0.3, 0.4) is 0 Å². The lowest BCUT2D eigenvalue weighted by Crippen LogP contribution is -2.51. The van der Waals surface area contributed by atoms with E-state index in [9.17, 15) is 18.0 Å². The Hall–Kier alpha value is -1.47. The van der Waals surface area contributed by atoms with Crippen molar-refractivity contribution in [3.63, 3.8) is 0 Å². The highest BCUT2D eigenvalue weighted by molar-refractivity contribution is 6.31. The second-order valence-electron chi connectivity index (χ2n) is 5.58. The van der Waals surface area contributed by atoms with Crippen LogP contribution in [0.5, 0.6) is 0 Å². The lowest BCUT2D eigenvalue weighted by atomic mass is 10.1. The predicted octanol–water partition coefficient (Wildman–Crippen LogP) is 2.57. The largest absolute Gasteiger partial charge is 0.417 e. The van der Waals surface area contributed by atoms with Gasteiger partial charge in [-0.3, -0.25) is 4.90 Å². The van der Waals surface area contributed by atoms with Gasteiger partial charge in [-0.2, -0.15) is 13.2 Å². The second kappa shape index (κ2) is 5.62. The van der Waals surface area contributed by atoms with Crippen molar-refractivity contribution in [2.45, 2.75) is 18.8 Å². The average Bonchev–Trinajstić information content (AvgIpc) is 2.81. The molecule has 2 heterocycles. The molecule has 2 saturated heterocycles. The number of halogens is 4. The molecule has 0 aromatic heterocycles. The highest BCUT2D eigenvalue weighted by Gasteiger charge is 2.36. The first-order valence-electron chi connectivity index (χ1n) is 6.97. The molecule has 120 valence electrons. The van der Waals surface area contributed by atoms with Gasteiger partial charge in [-0.15, -0.1) is 0 Å². The molecular weight excluding hydrogens is 319 g/mol. The number of benzene rings is 1. The zero-order valence-corrected chi connectivity index (χ0v) is 12.4. The van der Waals surface area contributed by atoms with Crippen LogP contribution >= 0.6 is 11.6 Å². The van der Waals surface area contributed by atoms with E-state index in [0.717, 1.165) is 6.07 Å². The number of carbonyl (C=O) groups is 1. The Morgan fingerprint density at radius 3 is 2.82 bits per heavy atom. The van der Waals surface area contributed by atoms with Crippen molar-refractivity contribution in [2.24, 2.45) is 0 Å². The third-order valence-corrected chi connectivity index (χ3v) is 4.39. The van der Waals surface area contributed by atoms with Gasteiger partial charge in [-0.25, -0.2) is 4.79 Å². The van der Waals surface area contributed by atoms with Crippen LogP contribution in [0.25, 0.3) is 0 Å². The highest BCUT2D eigenvalue weighted by atomic mass is 35.5. The molecule has 2 amide bonds. The van der Waals surface area contributed by atoms with Crippen LogP contribution in [0.15, 0.2) is 18.2 Å². The molecule has 1 atom stereocenters. The third kappa shape index (κ3) is 3.01. The van der Waals surface area contributed by atoms with Gasteiger partial charge in [0.05, 0.1) is 16.6 Å². The van der Waals surface area contributed by atoms with Crippen LogP contribution in [0.2, 0.25) is 5.02 Å². The molecule has 2 aliphatic heterocycles. The zero-order valence-electron chi connectivity index (χ0n) is 11.7. The van der Waals surface area contributed by atoms with Gasteiger partial charge in [0.2, 0.25) is 0 Å². The first-order valence-corrected chi connectivity index (χ1v) is 7.35. The van der Waals surface area contributed by atoms with Crippen molar-refractivity contribution in [1.82, 2.24) is 15.1 Å². The summed E-state index contributed by atoms with van der Waals surface area (Å²) in [5.41, 5.74) is -0.231. The van der Waals surface area contributed by atoms with Gasteiger partial charge in [0.15, 0.2) is 0 Å². The van der Waals surface area contributed by atoms with Crippen molar-refractivity contribution in [2.75, 3.05) is 26.2 Å². The van der Waals surface area contributed by atoms with Gasteiger partial charge >= 0.3 is 12.2 Å². The number of fused-ring (bicyclic) bond motifs is 1. The maximum atomic E-state index is 12.9. The van der Waals surface area contributed by atoms with Crippen LogP contribution in [0.1, 0.15) is 11.1 Å². The summed E-state index contributed by atoms with van der Waals surface area (Å²) in [7, 11) is 0. The summed E-state index contributed by atoms with van der Waals surface area (Å²) in [5, 5.41) is 2.49. The standard InChI is InChI=1S/C14H15ClF3N3O/c15-12-2-1-9(5-11(12)14(16,17)18)7-20-3-4-21-10(8-20)6-19-13(21)22/h1-2,5,10H,3-4,6-8H2,(H,19,22)/t10-/m1/s1. The molecule has 0 bridgehead atoms. The second-order valence-corrected chi connectivity index (χ2v) is 5.99. The van der Waals surface area contributed by atoms with Crippen molar-refractivity contribution in [3.8, 4) is 0 Å². The van der Waals surface area contributed by atoms with E-state index in [-0.39, 0.29) is 17.1 Å². The number of hydrogen-bond acceptors (Lipinski definition) is 2. The number of alkyl halides is 3. The number of nitrogens with zero attached hydrogens (tertiary/aromatic N) is 2. The van der Waals surface area contributed by atoms with Crippen LogP contribution in [-0.4, -0.2) is 48.1 Å². The van der Waals surface area contributed by atoms with Crippen LogP contribution in [0.4, 0.5) is 18.0 Å². The first-order chi connectivity index (χ1) is 10.3. The van der Waals surface area contributed by atoms with Crippen LogP contribution in [-0.2, 0) is 12.7 Å². The number of amides is 2. The monoisotopic (exact) mass is 333 g/mol. The minimum atomic E-state index is -4.45. The maximum Gasteiger partial charge on any atom is 0.417 e. The van der Waals surface area contributed by atoms with Crippen LogP contribution in [0, 0.1) is 0 Å². The molecule has 2 fully saturated rings. The summed E-state index contributed by atoms with van der Waals surface area (Å²) in [6.07, 6.45) is -4.45. The number of piperazine rings is 1. The van der Waals surface area contributed by atoms with Gasteiger partial charge in [0, 0.05) is 32.7 Å². The number of hydrogen-bond donors (Lipinski definition) is 1. The Bertz CT molecular complexity index is 593. The minimum Gasteiger partial charge on any atom is -0.336 e. The molecule has 3 rings (SSSR count). The molecule has 1 aromatic carbocycles. The number of urea groups is 1. The smallest absolute Gasteiger partial charge is 0.336 e. The Labute approximate surface area is 130 Å². The lowest BCUT2D eigenvalue weighted by Gasteiger charge is -2.36. The molecule has 8 heteroatoms. The molecular formula is C14H15ClF3N3O. The fraction of sp³-hybridized carbons (Fsp3) is 0.500. The predicted molar refractivity (Wildman–Crippen MR) is 75.6 cm³/mol. The minimum absolute atomic E-state index is 0.0597. The molecule has 2 aliphatic rings. The van der Waals surface area contributed by atoms with E-state index in [4.69, 9.17) is 11.6 Å². The quantitative estimate of drug-likeness (QED) is 0.903. The summed E-state index contributed by atoms with van der Waals surface area (Å²) < 4.78 is 38.6. The fourth-order valence-corrected chi connectivity index (χ4v) is 3.18. The number of nitrogens with one attached hydrogen (secondary N) is 1. The Kier molecular flexibility index (Phi) is 3.94. The molecule has 0 aliphatic carbocycles. The Morgan fingerprint density at radius 1 is 1.32 bits per heavy atom. The van der Waals surface area contributed by atoms with E-state index in [2.05, 4.69) is 10.2 Å². The average molecular weight is 334 g/mol. The summed E-state index contributed by atoms with van der Waals surface area (Å²) in [6, 6.07) is 4.04. The van der Waals surface area contributed by atoms with Gasteiger partial charge in [-0.05, 0) is 17.7 Å². The Morgan fingerprint density at radius 2 is 2.09 bits per heavy atom. The normalized spacial score (nSPS) is 22.6. The molecule has 1 N–H and O–H groups in total. The summed E-state index contributed by atoms with van der Waals surface area (Å²) in [4.78, 5) is 15.4. The van der Waals surface area contributed by atoms with Gasteiger partial charge in [0.25, 0.3) is 0 Å². The molecule has 1 aromatic rings. The van der Waals surface area contributed by atoms with Crippen molar-refractivity contribution >= 4 is 17.6 Å². The van der Waals surface area contributed by atoms with Gasteiger partial charge in [-0.1, -0.05) is 17.7 Å². The maximum absolute atomic E-state index is 12.9. The number of carbonyl (C=O) groups excluding carboxylic acids is 1. The zero-order chi connectivity index (χ0) is 15.9. The summed E-state index contributed by atoms with van der Waals surface area (Å²) in [5.74, 6) is 0. The van der Waals surface area contributed by atoms with Crippen molar-refractivity contribution in [3.05, 3.63) is 34.3 Å². The molecule has 0 unspecified atom stereocenters. The van der Waals surface area contributed by atoms with Crippen molar-refractivity contribution < 1.29 is 18.0 Å². The molecule has 22 heavy (non-hydrogen) atoms. The third-order valence-electron chi connectivity index (χ3n) is 4.06. The molecule has 0 radical (unpaired) electrons. The van der Waals surface area contributed by atoms with E-state index in [1.54, 1.807) is 11.0 Å². The van der Waals surface area contributed by atoms with E-state index in [1.807, 2.05) is 0 Å². The highest BCUT2D eigenvalue weighted by Crippen LogP contribution is 2.35. The topological polar surface area (TPSA) is 35.6 Å². The number of rotatable bonds is 2. The fourth-order valence-electron chi connectivity index (χ4n) is 2.96. The van der Waals surface area contributed by atoms with Gasteiger partial charge in [0.1, 0.15) is 0 Å². The van der Waals surface area contributed by atoms with E-state index in [1.165, 1.54) is 6.07 Å².